The highest BCUT2D eigenvalue weighted by Crippen LogP contribution is 2.29. The number of amides is 2. The van der Waals surface area contributed by atoms with Crippen molar-refractivity contribution in [3.8, 4) is 11.1 Å². The van der Waals surface area contributed by atoms with Crippen molar-refractivity contribution >= 4 is 40.5 Å². The lowest BCUT2D eigenvalue weighted by atomic mass is 10.1. The van der Waals surface area contributed by atoms with Gasteiger partial charge in [0.1, 0.15) is 4.88 Å². The van der Waals surface area contributed by atoms with Gasteiger partial charge in [-0.2, -0.15) is 0 Å². The maximum atomic E-state index is 12.6. The second-order valence-electron chi connectivity index (χ2n) is 7.26. The summed E-state index contributed by atoms with van der Waals surface area (Å²) in [6.45, 7) is 3.51. The average Bonchev–Trinajstić information content (AvgIpc) is 3.50. The van der Waals surface area contributed by atoms with Crippen LogP contribution in [0.1, 0.15) is 24.9 Å². The minimum Gasteiger partial charge on any atom is -0.451 e. The molecule has 0 radical (unpaired) electrons. The van der Waals surface area contributed by atoms with Crippen LogP contribution in [-0.2, 0) is 9.53 Å². The van der Waals surface area contributed by atoms with Gasteiger partial charge in [-0.25, -0.2) is 4.79 Å². The van der Waals surface area contributed by atoms with Crippen LogP contribution in [0.25, 0.3) is 11.1 Å². The molecule has 2 amide bonds. The van der Waals surface area contributed by atoms with Crippen LogP contribution in [0.3, 0.4) is 0 Å². The van der Waals surface area contributed by atoms with Crippen molar-refractivity contribution in [1.29, 1.82) is 0 Å². The summed E-state index contributed by atoms with van der Waals surface area (Å²) in [5, 5.41) is 3.72. The van der Waals surface area contributed by atoms with E-state index in [1.165, 1.54) is 22.7 Å². The van der Waals surface area contributed by atoms with Crippen LogP contribution in [0.15, 0.2) is 53.2 Å². The van der Waals surface area contributed by atoms with Gasteiger partial charge in [0, 0.05) is 31.7 Å². The van der Waals surface area contributed by atoms with Gasteiger partial charge in [0.15, 0.2) is 6.61 Å². The molecule has 0 saturated carbocycles. The van der Waals surface area contributed by atoms with E-state index in [4.69, 9.17) is 4.74 Å². The lowest BCUT2D eigenvalue weighted by Gasteiger charge is -2.34. The summed E-state index contributed by atoms with van der Waals surface area (Å²) in [5.41, 5.74) is 2.89. The number of carbonyl (C=O) groups is 3. The van der Waals surface area contributed by atoms with Crippen LogP contribution in [-0.4, -0.2) is 60.4 Å². The van der Waals surface area contributed by atoms with Gasteiger partial charge >= 0.3 is 5.97 Å². The molecule has 3 heterocycles. The van der Waals surface area contributed by atoms with Crippen LogP contribution in [0.5, 0.6) is 0 Å². The summed E-state index contributed by atoms with van der Waals surface area (Å²) < 4.78 is 5.32. The largest absolute Gasteiger partial charge is 0.451 e. The lowest BCUT2D eigenvalue weighted by molar-refractivity contribution is -0.136. The second kappa shape index (κ2) is 9.45. The zero-order valence-corrected chi connectivity index (χ0v) is 18.7. The van der Waals surface area contributed by atoms with Gasteiger partial charge in [0.25, 0.3) is 11.8 Å². The zero-order chi connectivity index (χ0) is 21.8. The van der Waals surface area contributed by atoms with E-state index in [2.05, 4.69) is 0 Å². The summed E-state index contributed by atoms with van der Waals surface area (Å²) in [4.78, 5) is 42.1. The Labute approximate surface area is 188 Å². The first-order chi connectivity index (χ1) is 15.0. The van der Waals surface area contributed by atoms with E-state index in [0.29, 0.717) is 35.9 Å². The van der Waals surface area contributed by atoms with Crippen LogP contribution in [0.2, 0.25) is 0 Å². The van der Waals surface area contributed by atoms with E-state index in [-0.39, 0.29) is 18.4 Å². The van der Waals surface area contributed by atoms with Gasteiger partial charge in [0.2, 0.25) is 0 Å². The summed E-state index contributed by atoms with van der Waals surface area (Å²) >= 11 is 2.72. The molecule has 6 nitrogen and oxygen atoms in total. The first-order valence-corrected chi connectivity index (χ1v) is 11.7. The standard InChI is InChI=1S/C23H22N2O4S2/c1-16-4-6-17(7-5-16)18-8-14-31-21(18)23(28)29-15-20(26)24-9-11-25(12-10-24)22(27)19-3-2-13-30-19/h2-8,13-14H,9-12,15H2,1H3. The van der Waals surface area contributed by atoms with E-state index in [0.717, 1.165) is 16.7 Å². The van der Waals surface area contributed by atoms with Crippen molar-refractivity contribution in [1.82, 2.24) is 9.80 Å². The molecule has 2 aromatic heterocycles. The number of esters is 1. The molecule has 1 aliphatic rings. The summed E-state index contributed by atoms with van der Waals surface area (Å²) in [6.07, 6.45) is 0. The zero-order valence-electron chi connectivity index (χ0n) is 17.1. The number of benzene rings is 1. The summed E-state index contributed by atoms with van der Waals surface area (Å²) in [5.74, 6) is -0.745. The fourth-order valence-corrected chi connectivity index (χ4v) is 4.93. The van der Waals surface area contributed by atoms with E-state index in [1.807, 2.05) is 54.1 Å². The molecule has 1 aliphatic heterocycles. The number of aryl methyl sites for hydroxylation is 1. The molecular formula is C23H22N2O4S2. The molecule has 0 atom stereocenters. The van der Waals surface area contributed by atoms with Crippen molar-refractivity contribution in [2.75, 3.05) is 32.8 Å². The van der Waals surface area contributed by atoms with Gasteiger partial charge in [-0.3, -0.25) is 9.59 Å². The molecule has 1 fully saturated rings. The Hall–Kier alpha value is -2.97. The fraction of sp³-hybridized carbons (Fsp3) is 0.261. The molecular weight excluding hydrogens is 432 g/mol. The minimum atomic E-state index is -0.495. The normalized spacial score (nSPS) is 13.8. The van der Waals surface area contributed by atoms with E-state index in [9.17, 15) is 14.4 Å². The number of thiophene rings is 2. The number of ether oxygens (including phenoxy) is 1. The average molecular weight is 455 g/mol. The number of piperazine rings is 1. The van der Waals surface area contributed by atoms with Gasteiger partial charge in [-0.05, 0) is 35.4 Å². The summed E-state index contributed by atoms with van der Waals surface area (Å²) in [7, 11) is 0. The van der Waals surface area contributed by atoms with Crippen LogP contribution in [0, 0.1) is 6.92 Å². The lowest BCUT2D eigenvalue weighted by Crippen LogP contribution is -2.51. The third kappa shape index (κ3) is 4.86. The molecule has 3 aromatic rings. The number of carbonyl (C=O) groups excluding carboxylic acids is 3. The molecule has 1 aromatic carbocycles. The van der Waals surface area contributed by atoms with Gasteiger partial charge < -0.3 is 14.5 Å². The molecule has 0 unspecified atom stereocenters. The Morgan fingerprint density at radius 3 is 2.29 bits per heavy atom. The van der Waals surface area contributed by atoms with Crippen LogP contribution in [0.4, 0.5) is 0 Å². The molecule has 0 bridgehead atoms. The number of rotatable bonds is 5. The SMILES string of the molecule is Cc1ccc(-c2ccsc2C(=O)OCC(=O)N2CCN(C(=O)c3cccs3)CC2)cc1. The van der Waals surface area contributed by atoms with E-state index < -0.39 is 5.97 Å². The quantitative estimate of drug-likeness (QED) is 0.548. The third-order valence-corrected chi connectivity index (χ3v) is 6.94. The Kier molecular flexibility index (Phi) is 6.48. The fourth-order valence-electron chi connectivity index (χ4n) is 3.43. The highest BCUT2D eigenvalue weighted by Gasteiger charge is 2.26. The molecule has 8 heteroatoms. The number of hydrogen-bond donors (Lipinski definition) is 0. The predicted octanol–water partition coefficient (Wildman–Crippen LogP) is 3.93. The van der Waals surface area contributed by atoms with E-state index in [1.54, 1.807) is 15.9 Å². The number of hydrogen-bond acceptors (Lipinski definition) is 6. The molecule has 160 valence electrons. The first kappa shape index (κ1) is 21.3. The third-order valence-electron chi connectivity index (χ3n) is 5.19. The van der Waals surface area contributed by atoms with Crippen molar-refractivity contribution in [2.45, 2.75) is 6.92 Å². The smallest absolute Gasteiger partial charge is 0.349 e. The highest BCUT2D eigenvalue weighted by molar-refractivity contribution is 7.12. The van der Waals surface area contributed by atoms with Gasteiger partial charge in [-0.15, -0.1) is 22.7 Å². The maximum absolute atomic E-state index is 12.6. The van der Waals surface area contributed by atoms with E-state index >= 15 is 0 Å². The second-order valence-corrected chi connectivity index (χ2v) is 9.12. The monoisotopic (exact) mass is 454 g/mol. The Bertz CT molecular complexity index is 1070. The van der Waals surface area contributed by atoms with Crippen molar-refractivity contribution in [3.63, 3.8) is 0 Å². The molecule has 0 N–H and O–H groups in total. The first-order valence-electron chi connectivity index (χ1n) is 9.95. The van der Waals surface area contributed by atoms with Gasteiger partial charge in [-0.1, -0.05) is 35.9 Å². The molecule has 0 spiro atoms. The molecule has 1 saturated heterocycles. The van der Waals surface area contributed by atoms with Crippen LogP contribution < -0.4 is 0 Å². The van der Waals surface area contributed by atoms with Gasteiger partial charge in [0.05, 0.1) is 4.88 Å². The number of nitrogens with zero attached hydrogens (tertiary/aromatic N) is 2. The molecule has 0 aliphatic carbocycles. The molecule has 31 heavy (non-hydrogen) atoms. The Balaban J connectivity index is 1.30. The van der Waals surface area contributed by atoms with Crippen molar-refractivity contribution < 1.29 is 19.1 Å². The Morgan fingerprint density at radius 1 is 0.903 bits per heavy atom. The van der Waals surface area contributed by atoms with Crippen LogP contribution >= 0.6 is 22.7 Å². The van der Waals surface area contributed by atoms with Crippen molar-refractivity contribution in [2.24, 2.45) is 0 Å². The van der Waals surface area contributed by atoms with Crippen molar-refractivity contribution in [3.05, 3.63) is 68.5 Å². The molecule has 4 rings (SSSR count). The maximum Gasteiger partial charge on any atom is 0.349 e. The predicted molar refractivity (Wildman–Crippen MR) is 122 cm³/mol. The summed E-state index contributed by atoms with van der Waals surface area (Å²) in [6, 6.07) is 13.5. The minimum absolute atomic E-state index is 0.00476. The topological polar surface area (TPSA) is 66.9 Å². The Morgan fingerprint density at radius 2 is 1.61 bits per heavy atom. The highest BCUT2D eigenvalue weighted by atomic mass is 32.1.